The highest BCUT2D eigenvalue weighted by atomic mass is 19.4. The molecule has 2 atom stereocenters. The zero-order valence-corrected chi connectivity index (χ0v) is 6.89. The van der Waals surface area contributed by atoms with Crippen molar-refractivity contribution in [2.75, 3.05) is 0 Å². The fourth-order valence-electron chi connectivity index (χ4n) is 0.962. The average molecular weight is 177 g/mol. The van der Waals surface area contributed by atoms with E-state index in [2.05, 4.69) is 4.99 Å². The summed E-state index contributed by atoms with van der Waals surface area (Å²) in [5.41, 5.74) is 0.729. The topological polar surface area (TPSA) is 12.4 Å². The standard InChI is InChI=1S/C8H10F3N/c1-5-3-7(8(9,10)11)12-4-6(5)2/h3-4,6-7H,1-2H3. The summed E-state index contributed by atoms with van der Waals surface area (Å²) in [5, 5.41) is 0. The summed E-state index contributed by atoms with van der Waals surface area (Å²) in [6.45, 7) is 3.51. The summed E-state index contributed by atoms with van der Waals surface area (Å²) in [4.78, 5) is 3.41. The quantitative estimate of drug-likeness (QED) is 0.504. The average Bonchev–Trinajstić information content (AvgIpc) is 1.92. The number of rotatable bonds is 0. The largest absolute Gasteiger partial charge is 0.414 e. The van der Waals surface area contributed by atoms with Gasteiger partial charge < -0.3 is 0 Å². The molecular formula is C8H10F3N. The molecule has 0 saturated heterocycles. The van der Waals surface area contributed by atoms with E-state index < -0.39 is 12.2 Å². The fraction of sp³-hybridized carbons (Fsp3) is 0.625. The third-order valence-electron chi connectivity index (χ3n) is 1.94. The van der Waals surface area contributed by atoms with Crippen LogP contribution in [0.25, 0.3) is 0 Å². The molecule has 4 heteroatoms. The van der Waals surface area contributed by atoms with Crippen LogP contribution in [0.4, 0.5) is 13.2 Å². The number of aliphatic imine (C=N–C) groups is 1. The summed E-state index contributed by atoms with van der Waals surface area (Å²) in [5.74, 6) is 0.0311. The van der Waals surface area contributed by atoms with Gasteiger partial charge in [0.1, 0.15) is 0 Å². The second-order valence-corrected chi connectivity index (χ2v) is 2.98. The van der Waals surface area contributed by atoms with Crippen LogP contribution in [0.5, 0.6) is 0 Å². The Hall–Kier alpha value is -0.800. The van der Waals surface area contributed by atoms with Gasteiger partial charge in [0, 0.05) is 12.1 Å². The predicted molar refractivity (Wildman–Crippen MR) is 41.3 cm³/mol. The first-order chi connectivity index (χ1) is 5.41. The van der Waals surface area contributed by atoms with E-state index in [0.29, 0.717) is 0 Å². The molecule has 0 fully saturated rings. The molecule has 0 spiro atoms. The van der Waals surface area contributed by atoms with Crippen LogP contribution in [0.3, 0.4) is 0 Å². The minimum Gasteiger partial charge on any atom is -0.280 e. The van der Waals surface area contributed by atoms with E-state index in [4.69, 9.17) is 0 Å². The zero-order chi connectivity index (χ0) is 9.35. The van der Waals surface area contributed by atoms with Crippen LogP contribution in [0.15, 0.2) is 16.6 Å². The van der Waals surface area contributed by atoms with Crippen LogP contribution < -0.4 is 0 Å². The van der Waals surface area contributed by atoms with Crippen LogP contribution in [-0.2, 0) is 0 Å². The normalized spacial score (nSPS) is 30.2. The van der Waals surface area contributed by atoms with Crippen LogP contribution >= 0.6 is 0 Å². The summed E-state index contributed by atoms with van der Waals surface area (Å²) >= 11 is 0. The molecule has 1 aliphatic heterocycles. The Kier molecular flexibility index (Phi) is 2.26. The van der Waals surface area contributed by atoms with Gasteiger partial charge in [-0.25, -0.2) is 0 Å². The molecule has 0 N–H and O–H groups in total. The lowest BCUT2D eigenvalue weighted by Gasteiger charge is -2.19. The van der Waals surface area contributed by atoms with Gasteiger partial charge in [0.25, 0.3) is 0 Å². The van der Waals surface area contributed by atoms with Crippen molar-refractivity contribution in [3.8, 4) is 0 Å². The van der Waals surface area contributed by atoms with Crippen molar-refractivity contribution in [2.45, 2.75) is 26.1 Å². The van der Waals surface area contributed by atoms with Gasteiger partial charge >= 0.3 is 6.18 Å². The molecular weight excluding hydrogens is 167 g/mol. The van der Waals surface area contributed by atoms with Gasteiger partial charge in [-0.15, -0.1) is 0 Å². The third-order valence-corrected chi connectivity index (χ3v) is 1.94. The van der Waals surface area contributed by atoms with Crippen LogP contribution in [0.1, 0.15) is 13.8 Å². The Bertz CT molecular complexity index is 227. The van der Waals surface area contributed by atoms with Crippen molar-refractivity contribution >= 4 is 6.21 Å². The highest BCUT2D eigenvalue weighted by molar-refractivity contribution is 5.66. The van der Waals surface area contributed by atoms with Crippen molar-refractivity contribution in [1.82, 2.24) is 0 Å². The number of dihydropyridines is 1. The van der Waals surface area contributed by atoms with Gasteiger partial charge in [-0.3, -0.25) is 4.99 Å². The van der Waals surface area contributed by atoms with E-state index in [9.17, 15) is 13.2 Å². The molecule has 0 aliphatic carbocycles. The Labute approximate surface area is 69.0 Å². The Morgan fingerprint density at radius 3 is 2.42 bits per heavy atom. The highest BCUT2D eigenvalue weighted by Gasteiger charge is 2.38. The monoisotopic (exact) mass is 177 g/mol. The van der Waals surface area contributed by atoms with Crippen molar-refractivity contribution in [2.24, 2.45) is 10.9 Å². The molecule has 0 bridgehead atoms. The van der Waals surface area contributed by atoms with Crippen molar-refractivity contribution < 1.29 is 13.2 Å². The first-order valence-electron chi connectivity index (χ1n) is 3.69. The summed E-state index contributed by atoms with van der Waals surface area (Å²) in [6.07, 6.45) is -1.71. The lowest BCUT2D eigenvalue weighted by Crippen LogP contribution is -2.28. The number of alkyl halides is 3. The molecule has 0 aromatic carbocycles. The maximum Gasteiger partial charge on any atom is 0.414 e. The second-order valence-electron chi connectivity index (χ2n) is 2.98. The molecule has 0 radical (unpaired) electrons. The van der Waals surface area contributed by atoms with E-state index in [1.807, 2.05) is 6.92 Å². The van der Waals surface area contributed by atoms with E-state index >= 15 is 0 Å². The molecule has 0 amide bonds. The van der Waals surface area contributed by atoms with E-state index in [-0.39, 0.29) is 5.92 Å². The van der Waals surface area contributed by atoms with Gasteiger partial charge in [0.15, 0.2) is 6.04 Å². The Morgan fingerprint density at radius 1 is 1.42 bits per heavy atom. The number of halogens is 3. The van der Waals surface area contributed by atoms with Crippen LogP contribution in [-0.4, -0.2) is 18.4 Å². The van der Waals surface area contributed by atoms with Crippen molar-refractivity contribution in [3.63, 3.8) is 0 Å². The van der Waals surface area contributed by atoms with E-state index in [1.165, 1.54) is 12.3 Å². The molecule has 68 valence electrons. The minimum atomic E-state index is -4.24. The van der Waals surface area contributed by atoms with E-state index in [1.54, 1.807) is 6.92 Å². The van der Waals surface area contributed by atoms with Gasteiger partial charge in [0.05, 0.1) is 0 Å². The number of nitrogens with zero attached hydrogens (tertiary/aromatic N) is 1. The molecule has 1 heterocycles. The second kappa shape index (κ2) is 2.92. The van der Waals surface area contributed by atoms with E-state index in [0.717, 1.165) is 5.57 Å². The lowest BCUT2D eigenvalue weighted by molar-refractivity contribution is -0.136. The summed E-state index contributed by atoms with van der Waals surface area (Å²) in [7, 11) is 0. The predicted octanol–water partition coefficient (Wildman–Crippen LogP) is 2.58. The Balaban J connectivity index is 2.80. The smallest absolute Gasteiger partial charge is 0.280 e. The molecule has 12 heavy (non-hydrogen) atoms. The third kappa shape index (κ3) is 1.87. The number of hydrogen-bond donors (Lipinski definition) is 0. The maximum atomic E-state index is 12.1. The minimum absolute atomic E-state index is 0.0311. The van der Waals surface area contributed by atoms with Gasteiger partial charge in [-0.1, -0.05) is 18.6 Å². The van der Waals surface area contributed by atoms with Crippen molar-refractivity contribution in [1.29, 1.82) is 0 Å². The summed E-state index contributed by atoms with van der Waals surface area (Å²) < 4.78 is 36.3. The Morgan fingerprint density at radius 2 is 2.00 bits per heavy atom. The zero-order valence-electron chi connectivity index (χ0n) is 6.89. The first kappa shape index (κ1) is 9.29. The van der Waals surface area contributed by atoms with Crippen LogP contribution in [0.2, 0.25) is 0 Å². The van der Waals surface area contributed by atoms with Gasteiger partial charge in [0.2, 0.25) is 0 Å². The molecule has 0 saturated carbocycles. The number of allylic oxidation sites excluding steroid dienone is 1. The molecule has 1 aliphatic rings. The lowest BCUT2D eigenvalue weighted by atomic mass is 9.99. The molecule has 0 aromatic rings. The molecule has 1 rings (SSSR count). The fourth-order valence-corrected chi connectivity index (χ4v) is 0.962. The molecule has 1 nitrogen and oxygen atoms in total. The number of hydrogen-bond acceptors (Lipinski definition) is 1. The highest BCUT2D eigenvalue weighted by Crippen LogP contribution is 2.28. The van der Waals surface area contributed by atoms with Gasteiger partial charge in [-0.2, -0.15) is 13.2 Å². The maximum absolute atomic E-state index is 12.1. The summed E-state index contributed by atoms with van der Waals surface area (Å²) in [6, 6.07) is -1.63. The van der Waals surface area contributed by atoms with Crippen molar-refractivity contribution in [3.05, 3.63) is 11.6 Å². The molecule has 2 unspecified atom stereocenters. The SMILES string of the molecule is CC1=CC(C(F)(F)F)N=CC1C. The molecule has 0 aromatic heterocycles. The van der Waals surface area contributed by atoms with Gasteiger partial charge in [-0.05, 0) is 6.92 Å². The first-order valence-corrected chi connectivity index (χ1v) is 3.69. The van der Waals surface area contributed by atoms with Crippen LogP contribution in [0, 0.1) is 5.92 Å².